The fraction of sp³-hybridized carbons (Fsp3) is 0.316. The molecule has 0 radical (unpaired) electrons. The zero-order chi connectivity index (χ0) is 16.8. The average Bonchev–Trinajstić information content (AvgIpc) is 2.63. The molecule has 2 aromatic rings. The zero-order valence-electron chi connectivity index (χ0n) is 13.9. The first-order valence-electron chi connectivity index (χ1n) is 8.25. The number of hydrogen-bond donors (Lipinski definition) is 1. The summed E-state index contributed by atoms with van der Waals surface area (Å²) in [4.78, 5) is 1.55. The van der Waals surface area contributed by atoms with Crippen LogP contribution in [0.5, 0.6) is 5.75 Å². The molecule has 1 aliphatic rings. The third-order valence-corrected chi connectivity index (χ3v) is 4.71. The summed E-state index contributed by atoms with van der Waals surface area (Å²) in [5.41, 5.74) is 2.23. The molecule has 0 aliphatic carbocycles. The maximum absolute atomic E-state index is 6.26. The van der Waals surface area contributed by atoms with Gasteiger partial charge in [-0.25, -0.2) is 0 Å². The summed E-state index contributed by atoms with van der Waals surface area (Å²) in [6.07, 6.45) is 1.89. The van der Waals surface area contributed by atoms with E-state index in [1.807, 2.05) is 42.6 Å². The predicted octanol–water partition coefficient (Wildman–Crippen LogP) is 2.08. The Kier molecular flexibility index (Phi) is 5.72. The van der Waals surface area contributed by atoms with Crippen LogP contribution in [-0.4, -0.2) is 44.5 Å². The van der Waals surface area contributed by atoms with Gasteiger partial charge in [-0.3, -0.25) is 5.01 Å². The van der Waals surface area contributed by atoms with E-state index in [0.29, 0.717) is 0 Å². The van der Waals surface area contributed by atoms with E-state index in [9.17, 15) is 0 Å². The summed E-state index contributed by atoms with van der Waals surface area (Å²) in [7, 11) is 1.68. The molecule has 0 atom stereocenters. The fourth-order valence-electron chi connectivity index (χ4n) is 2.93. The molecule has 0 spiro atoms. The second-order valence-corrected chi connectivity index (χ2v) is 6.37. The van der Waals surface area contributed by atoms with E-state index in [-0.39, 0.29) is 0 Å². The third kappa shape index (κ3) is 4.28. The van der Waals surface area contributed by atoms with Crippen LogP contribution >= 0.6 is 11.6 Å². The van der Waals surface area contributed by atoms with Crippen molar-refractivity contribution in [2.45, 2.75) is 6.54 Å². The molecule has 1 saturated heterocycles. The van der Waals surface area contributed by atoms with Gasteiger partial charge in [0, 0.05) is 16.1 Å². The second kappa shape index (κ2) is 8.18. The van der Waals surface area contributed by atoms with Crippen molar-refractivity contribution in [3.63, 3.8) is 0 Å². The van der Waals surface area contributed by atoms with Crippen LogP contribution in [0.15, 0.2) is 53.6 Å². The summed E-state index contributed by atoms with van der Waals surface area (Å²) >= 11 is 6.26. The molecule has 4 nitrogen and oxygen atoms in total. The highest BCUT2D eigenvalue weighted by Gasteiger charge is 2.19. The molecule has 0 unspecified atom stereocenters. The Morgan fingerprint density at radius 1 is 1.12 bits per heavy atom. The minimum Gasteiger partial charge on any atom is -0.496 e. The van der Waals surface area contributed by atoms with Crippen molar-refractivity contribution in [2.24, 2.45) is 5.10 Å². The van der Waals surface area contributed by atoms with Crippen molar-refractivity contribution < 1.29 is 9.64 Å². The molecule has 126 valence electrons. The van der Waals surface area contributed by atoms with Crippen molar-refractivity contribution in [1.29, 1.82) is 0 Å². The highest BCUT2D eigenvalue weighted by Crippen LogP contribution is 2.15. The maximum atomic E-state index is 6.26. The standard InChI is InChI=1S/C19H22ClN3O/c1-24-19-9-5-3-6-16(19)14-21-23-12-10-22(11-13-23)15-17-7-2-4-8-18(17)20/h2-9,14H,10-13,15H2,1H3/p+1. The number of ether oxygens (including phenoxy) is 1. The molecule has 0 bridgehead atoms. The van der Waals surface area contributed by atoms with Gasteiger partial charge in [0.2, 0.25) is 0 Å². The summed E-state index contributed by atoms with van der Waals surface area (Å²) < 4.78 is 5.35. The van der Waals surface area contributed by atoms with Crippen LogP contribution in [0.4, 0.5) is 0 Å². The lowest BCUT2D eigenvalue weighted by atomic mass is 10.2. The number of piperazine rings is 1. The van der Waals surface area contributed by atoms with Gasteiger partial charge < -0.3 is 9.64 Å². The lowest BCUT2D eigenvalue weighted by Gasteiger charge is -2.30. The number of nitrogens with one attached hydrogen (secondary N) is 1. The molecule has 24 heavy (non-hydrogen) atoms. The van der Waals surface area contributed by atoms with Gasteiger partial charge in [0.1, 0.15) is 12.3 Å². The van der Waals surface area contributed by atoms with Gasteiger partial charge in [-0.05, 0) is 18.2 Å². The van der Waals surface area contributed by atoms with E-state index in [2.05, 4.69) is 22.2 Å². The quantitative estimate of drug-likeness (QED) is 0.842. The number of rotatable bonds is 5. The monoisotopic (exact) mass is 344 g/mol. The molecule has 0 aromatic heterocycles. The smallest absolute Gasteiger partial charge is 0.127 e. The Bertz CT molecular complexity index is 697. The molecule has 2 aromatic carbocycles. The Morgan fingerprint density at radius 2 is 1.83 bits per heavy atom. The van der Waals surface area contributed by atoms with Crippen LogP contribution in [-0.2, 0) is 6.54 Å². The summed E-state index contributed by atoms with van der Waals surface area (Å²) in [5, 5.41) is 7.60. The number of para-hydroxylation sites is 1. The van der Waals surface area contributed by atoms with E-state index >= 15 is 0 Å². The van der Waals surface area contributed by atoms with E-state index in [1.165, 1.54) is 5.56 Å². The van der Waals surface area contributed by atoms with Crippen LogP contribution in [0.3, 0.4) is 0 Å². The molecule has 1 fully saturated rings. The van der Waals surface area contributed by atoms with Crippen molar-refractivity contribution in [1.82, 2.24) is 5.01 Å². The van der Waals surface area contributed by atoms with Gasteiger partial charge in [-0.15, -0.1) is 0 Å². The van der Waals surface area contributed by atoms with Crippen molar-refractivity contribution in [3.8, 4) is 5.75 Å². The Morgan fingerprint density at radius 3 is 2.58 bits per heavy atom. The molecule has 3 rings (SSSR count). The number of halogens is 1. The van der Waals surface area contributed by atoms with Gasteiger partial charge in [-0.1, -0.05) is 41.9 Å². The topological polar surface area (TPSA) is 29.3 Å². The number of methoxy groups -OCH3 is 1. The highest BCUT2D eigenvalue weighted by molar-refractivity contribution is 6.31. The lowest BCUT2D eigenvalue weighted by Crippen LogP contribution is -3.13. The predicted molar refractivity (Wildman–Crippen MR) is 98.0 cm³/mol. The van der Waals surface area contributed by atoms with Crippen LogP contribution < -0.4 is 9.64 Å². The average molecular weight is 345 g/mol. The summed E-state index contributed by atoms with van der Waals surface area (Å²) in [6, 6.07) is 16.0. The lowest BCUT2D eigenvalue weighted by molar-refractivity contribution is -0.918. The van der Waals surface area contributed by atoms with E-state index in [1.54, 1.807) is 12.0 Å². The van der Waals surface area contributed by atoms with E-state index in [0.717, 1.165) is 49.1 Å². The first-order valence-corrected chi connectivity index (χ1v) is 8.63. The molecule has 0 saturated carbocycles. The van der Waals surface area contributed by atoms with Crippen LogP contribution in [0.25, 0.3) is 0 Å². The summed E-state index contributed by atoms with van der Waals surface area (Å²) in [5.74, 6) is 0.851. The number of hydrogen-bond acceptors (Lipinski definition) is 3. The van der Waals surface area contributed by atoms with Crippen LogP contribution in [0.2, 0.25) is 5.02 Å². The zero-order valence-corrected chi connectivity index (χ0v) is 14.7. The van der Waals surface area contributed by atoms with Gasteiger partial charge in [-0.2, -0.15) is 5.10 Å². The van der Waals surface area contributed by atoms with Gasteiger partial charge >= 0.3 is 0 Å². The van der Waals surface area contributed by atoms with Crippen LogP contribution in [0, 0.1) is 0 Å². The minimum absolute atomic E-state index is 0.851. The number of benzene rings is 2. The van der Waals surface area contributed by atoms with Crippen molar-refractivity contribution >= 4 is 17.8 Å². The third-order valence-electron chi connectivity index (χ3n) is 4.34. The normalized spacial score (nSPS) is 15.8. The first kappa shape index (κ1) is 16.8. The molecular weight excluding hydrogens is 322 g/mol. The summed E-state index contributed by atoms with van der Waals surface area (Å²) in [6.45, 7) is 5.00. The van der Waals surface area contributed by atoms with Crippen molar-refractivity contribution in [3.05, 3.63) is 64.7 Å². The Labute approximate surface area is 148 Å². The van der Waals surface area contributed by atoms with E-state index in [4.69, 9.17) is 16.3 Å². The van der Waals surface area contributed by atoms with Crippen LogP contribution in [0.1, 0.15) is 11.1 Å². The van der Waals surface area contributed by atoms with Gasteiger partial charge in [0.25, 0.3) is 0 Å². The maximum Gasteiger partial charge on any atom is 0.127 e. The Hall–Kier alpha value is -2.04. The van der Waals surface area contributed by atoms with Gasteiger partial charge in [0.05, 0.1) is 39.5 Å². The number of nitrogens with zero attached hydrogens (tertiary/aromatic N) is 2. The number of hydrazone groups is 1. The molecule has 1 aliphatic heterocycles. The van der Waals surface area contributed by atoms with Crippen molar-refractivity contribution in [2.75, 3.05) is 33.3 Å². The fourth-order valence-corrected chi connectivity index (χ4v) is 3.13. The molecular formula is C19H23ClN3O+. The SMILES string of the molecule is COc1ccccc1C=NN1CC[NH+](Cc2ccccc2Cl)CC1. The highest BCUT2D eigenvalue weighted by atomic mass is 35.5. The molecule has 1 heterocycles. The first-order chi connectivity index (χ1) is 11.8. The molecule has 0 amide bonds. The van der Waals surface area contributed by atoms with E-state index < -0.39 is 0 Å². The number of quaternary nitrogens is 1. The minimum atomic E-state index is 0.851. The molecule has 5 heteroatoms. The Balaban J connectivity index is 1.54. The van der Waals surface area contributed by atoms with Gasteiger partial charge in [0.15, 0.2) is 0 Å². The largest absolute Gasteiger partial charge is 0.496 e. The second-order valence-electron chi connectivity index (χ2n) is 5.96. The molecule has 1 N–H and O–H groups in total.